The van der Waals surface area contributed by atoms with Gasteiger partial charge in [-0.05, 0) is 52.8 Å². The van der Waals surface area contributed by atoms with Crippen molar-refractivity contribution in [2.45, 2.75) is 37.7 Å². The van der Waals surface area contributed by atoms with Crippen molar-refractivity contribution in [1.29, 1.82) is 0 Å². The second kappa shape index (κ2) is 12.2. The van der Waals surface area contributed by atoms with Gasteiger partial charge in [-0.25, -0.2) is 19.5 Å². The van der Waals surface area contributed by atoms with E-state index in [9.17, 15) is 19.6 Å². The number of carbonyl (C=O) groups excluding carboxylic acids is 1. The van der Waals surface area contributed by atoms with Crippen LogP contribution in [0.15, 0.2) is 89.9 Å². The van der Waals surface area contributed by atoms with E-state index < -0.39 is 43.1 Å². The van der Waals surface area contributed by atoms with Gasteiger partial charge in [0.1, 0.15) is 31.6 Å². The van der Waals surface area contributed by atoms with Crippen molar-refractivity contribution in [3.05, 3.63) is 118 Å². The lowest BCUT2D eigenvalue weighted by Crippen LogP contribution is -2.31. The first-order valence-corrected chi connectivity index (χ1v) is 16.3. The number of nitrogens with zero attached hydrogens (tertiary/aromatic N) is 2. The van der Waals surface area contributed by atoms with E-state index in [0.717, 1.165) is 22.3 Å². The molecule has 0 saturated carbocycles. The summed E-state index contributed by atoms with van der Waals surface area (Å²) in [6.45, 7) is 1.37. The molecule has 0 spiro atoms. The molecule has 0 radical (unpaired) electrons. The van der Waals surface area contributed by atoms with Gasteiger partial charge in [0, 0.05) is 18.5 Å². The Bertz CT molecular complexity index is 1650. The highest BCUT2D eigenvalue weighted by Crippen LogP contribution is 2.57. The molecule has 4 atom stereocenters. The number of benzene rings is 3. The zero-order valence-corrected chi connectivity index (χ0v) is 24.8. The molecule has 12 heteroatoms. The Labute approximate surface area is 253 Å². The first kappa shape index (κ1) is 29.5. The van der Waals surface area contributed by atoms with E-state index in [1.54, 1.807) is 30.3 Å². The van der Waals surface area contributed by atoms with Crippen molar-refractivity contribution in [3.63, 3.8) is 0 Å². The van der Waals surface area contributed by atoms with Crippen molar-refractivity contribution >= 4 is 25.4 Å². The second-order valence-corrected chi connectivity index (χ2v) is 13.2. The Morgan fingerprint density at radius 2 is 1.63 bits per heavy atom. The predicted octanol–water partition coefficient (Wildman–Crippen LogP) is 4.20. The number of aryl methyl sites for hydroxylation is 1. The number of ether oxygens (including phenoxy) is 2. The molecule has 0 amide bonds. The number of hydrogen-bond donors (Lipinski definition) is 1. The van der Waals surface area contributed by atoms with Gasteiger partial charge in [0.25, 0.3) is 7.15 Å². The molecule has 222 valence electrons. The standard InChI is InChI=1S/C31H29N2O8PS/c1-19-16-33(31(36)32-29(19)34)28-15-26(41-30(35)20-9-3-2-4-10-20)27(40-28)18-39-42(37,43)38-17-25-23-13-7-5-11-21(23)22-12-6-8-14-24(22)25/h2-14,16,25-28H,15,17-18H2,1H3,(H,37,43)(H,32,34,36)/p-1/t26-,27+,28+,42?/m0/s1. The highest BCUT2D eigenvalue weighted by molar-refractivity contribution is 8.35. The molecule has 1 aromatic heterocycles. The lowest BCUT2D eigenvalue weighted by Gasteiger charge is -2.26. The summed E-state index contributed by atoms with van der Waals surface area (Å²) in [6.07, 6.45) is -1.22. The number of hydrogen-bond acceptors (Lipinski definition) is 10. The number of aromatic nitrogens is 2. The largest absolute Gasteiger partial charge is 0.858 e. The van der Waals surface area contributed by atoms with Crippen LogP contribution in [0, 0.1) is 6.92 Å². The zero-order valence-electron chi connectivity index (χ0n) is 23.1. The van der Waals surface area contributed by atoms with Gasteiger partial charge in [-0.1, -0.05) is 66.7 Å². The Morgan fingerprint density at radius 1 is 1.02 bits per heavy atom. The van der Waals surface area contributed by atoms with Crippen molar-refractivity contribution < 1.29 is 33.3 Å². The molecule has 10 nitrogen and oxygen atoms in total. The molecule has 3 aromatic carbocycles. The third-order valence-electron chi connectivity index (χ3n) is 7.62. The van der Waals surface area contributed by atoms with Crippen LogP contribution in [0.4, 0.5) is 0 Å². The van der Waals surface area contributed by atoms with Crippen LogP contribution < -0.4 is 10.8 Å². The second-order valence-electron chi connectivity index (χ2n) is 10.4. The SMILES string of the molecule is Cc1cn([C@H]2C[C@H](OC(=O)c3ccccc3)[C@@H](CO[P+](O)([S-])OCC3c4ccccc4-c4ccccc43)O2)c(=O)nc1[O-]. The van der Waals surface area contributed by atoms with Crippen LogP contribution in [0.5, 0.6) is 5.88 Å². The summed E-state index contributed by atoms with van der Waals surface area (Å²) < 4.78 is 24.5. The molecule has 43 heavy (non-hydrogen) atoms. The van der Waals surface area contributed by atoms with Crippen LogP contribution >= 0.6 is 7.15 Å². The van der Waals surface area contributed by atoms with Crippen LogP contribution in [0.2, 0.25) is 0 Å². The van der Waals surface area contributed by atoms with Crippen molar-refractivity contribution in [1.82, 2.24) is 9.55 Å². The van der Waals surface area contributed by atoms with Gasteiger partial charge in [-0.3, -0.25) is 4.57 Å². The minimum absolute atomic E-state index is 0.0800. The maximum absolute atomic E-state index is 12.9. The molecule has 1 aliphatic heterocycles. The average Bonchev–Trinajstić information content (AvgIpc) is 3.56. The van der Waals surface area contributed by atoms with Crippen molar-refractivity contribution in [3.8, 4) is 17.0 Å². The Balaban J connectivity index is 1.16. The summed E-state index contributed by atoms with van der Waals surface area (Å²) in [4.78, 5) is 39.9. The zero-order chi connectivity index (χ0) is 30.1. The summed E-state index contributed by atoms with van der Waals surface area (Å²) in [5.41, 5.74) is 4.18. The molecule has 1 aliphatic carbocycles. The third kappa shape index (κ3) is 6.24. The fourth-order valence-corrected chi connectivity index (χ4v) is 6.61. The molecule has 0 bridgehead atoms. The molecule has 6 rings (SSSR count). The highest BCUT2D eigenvalue weighted by atomic mass is 32.7. The number of esters is 1. The van der Waals surface area contributed by atoms with Crippen LogP contribution in [-0.2, 0) is 30.8 Å². The van der Waals surface area contributed by atoms with E-state index in [2.05, 4.69) is 17.1 Å². The van der Waals surface area contributed by atoms with E-state index in [4.69, 9.17) is 30.8 Å². The molecule has 1 unspecified atom stereocenters. The molecule has 1 saturated heterocycles. The smallest absolute Gasteiger partial charge is 0.349 e. The quantitative estimate of drug-likeness (QED) is 0.165. The normalized spacial score (nSPS) is 20.8. The topological polar surface area (TPSA) is 132 Å². The fraction of sp³-hybridized carbons (Fsp3) is 0.258. The first-order chi connectivity index (χ1) is 20.7. The highest BCUT2D eigenvalue weighted by Gasteiger charge is 2.42. The molecular formula is C31H28N2O8PS-. The predicted molar refractivity (Wildman–Crippen MR) is 159 cm³/mol. The Morgan fingerprint density at radius 3 is 2.30 bits per heavy atom. The van der Waals surface area contributed by atoms with E-state index in [0.29, 0.717) is 5.56 Å². The molecular weight excluding hydrogens is 591 g/mol. The van der Waals surface area contributed by atoms with Gasteiger partial charge < -0.3 is 26.8 Å². The van der Waals surface area contributed by atoms with E-state index >= 15 is 0 Å². The minimum atomic E-state index is -3.76. The summed E-state index contributed by atoms with van der Waals surface area (Å²) in [5.74, 6) is -1.35. The average molecular weight is 620 g/mol. The number of fused-ring (bicyclic) bond motifs is 3. The number of carbonyl (C=O) groups is 1. The Hall–Kier alpha value is -3.57. The van der Waals surface area contributed by atoms with Gasteiger partial charge in [0.2, 0.25) is 0 Å². The molecule has 2 heterocycles. The van der Waals surface area contributed by atoms with Gasteiger partial charge in [-0.15, -0.1) is 0 Å². The van der Waals surface area contributed by atoms with Crippen molar-refractivity contribution in [2.75, 3.05) is 13.2 Å². The van der Waals surface area contributed by atoms with Crippen LogP contribution in [0.1, 0.15) is 45.6 Å². The van der Waals surface area contributed by atoms with Gasteiger partial charge in [0.15, 0.2) is 0 Å². The Kier molecular flexibility index (Phi) is 8.37. The summed E-state index contributed by atoms with van der Waals surface area (Å²) in [5, 5.41) is 11.8. The summed E-state index contributed by atoms with van der Waals surface area (Å²) in [7, 11) is -3.76. The summed E-state index contributed by atoms with van der Waals surface area (Å²) in [6, 6.07) is 24.5. The molecule has 4 aromatic rings. The number of rotatable bonds is 9. The molecule has 2 aliphatic rings. The fourth-order valence-electron chi connectivity index (χ4n) is 5.50. The summed E-state index contributed by atoms with van der Waals surface area (Å²) >= 11 is 5.35. The van der Waals surface area contributed by atoms with E-state index in [1.807, 2.05) is 36.4 Å². The minimum Gasteiger partial charge on any atom is -0.858 e. The first-order valence-electron chi connectivity index (χ1n) is 13.7. The van der Waals surface area contributed by atoms with Gasteiger partial charge in [-0.2, -0.15) is 9.05 Å². The van der Waals surface area contributed by atoms with Crippen LogP contribution in [-0.4, -0.2) is 45.8 Å². The van der Waals surface area contributed by atoms with Gasteiger partial charge >= 0.3 is 11.7 Å². The maximum Gasteiger partial charge on any atom is 0.349 e. The van der Waals surface area contributed by atoms with Crippen LogP contribution in [0.25, 0.3) is 11.1 Å². The van der Waals surface area contributed by atoms with E-state index in [-0.39, 0.29) is 31.1 Å². The molecule has 1 fully saturated rings. The van der Waals surface area contributed by atoms with Crippen LogP contribution in [0.3, 0.4) is 0 Å². The van der Waals surface area contributed by atoms with Gasteiger partial charge in [0.05, 0.1) is 5.56 Å². The lowest BCUT2D eigenvalue weighted by molar-refractivity contribution is -0.276. The van der Waals surface area contributed by atoms with E-state index in [1.165, 1.54) is 17.7 Å². The lowest BCUT2D eigenvalue weighted by atomic mass is 9.98. The monoisotopic (exact) mass is 619 g/mol. The third-order valence-corrected chi connectivity index (χ3v) is 9.20. The molecule has 1 N–H and O–H groups in total. The maximum atomic E-state index is 12.9. The van der Waals surface area contributed by atoms with Crippen molar-refractivity contribution in [2.24, 2.45) is 0 Å².